The number of benzene rings is 2. The smallest absolute Gasteiger partial charge is 0.255 e. The van der Waals surface area contributed by atoms with Gasteiger partial charge in [-0.15, -0.1) is 0 Å². The van der Waals surface area contributed by atoms with Crippen LogP contribution < -0.4 is 11.1 Å². The van der Waals surface area contributed by atoms with E-state index in [0.717, 1.165) is 5.56 Å². The van der Waals surface area contributed by atoms with E-state index in [4.69, 9.17) is 22.5 Å². The van der Waals surface area contributed by atoms with Crippen LogP contribution in [0.1, 0.15) is 21.5 Å². The second kappa shape index (κ2) is 6.28. The number of amidine groups is 1. The predicted molar refractivity (Wildman–Crippen MR) is 83.1 cm³/mol. The highest BCUT2D eigenvalue weighted by Gasteiger charge is 2.11. The molecule has 4 N–H and O–H groups in total. The fourth-order valence-corrected chi connectivity index (χ4v) is 2.08. The quantitative estimate of drug-likeness (QED) is 0.352. The third-order valence-corrected chi connectivity index (χ3v) is 3.32. The summed E-state index contributed by atoms with van der Waals surface area (Å²) >= 11 is 6.09. The van der Waals surface area contributed by atoms with Gasteiger partial charge in [0.05, 0.1) is 10.7 Å². The second-order valence-electron chi connectivity index (χ2n) is 4.45. The lowest BCUT2D eigenvalue weighted by Crippen LogP contribution is -2.15. The zero-order valence-corrected chi connectivity index (χ0v) is 12.1. The van der Waals surface area contributed by atoms with Crippen LogP contribution in [0.3, 0.4) is 0 Å². The summed E-state index contributed by atoms with van der Waals surface area (Å²) in [4.78, 5) is 12.2. The van der Waals surface area contributed by atoms with Gasteiger partial charge in [-0.3, -0.25) is 4.79 Å². The summed E-state index contributed by atoms with van der Waals surface area (Å²) < 4.78 is 0. The Morgan fingerprint density at radius 2 is 2.00 bits per heavy atom. The normalized spacial score (nSPS) is 11.2. The Labute approximate surface area is 127 Å². The summed E-state index contributed by atoms with van der Waals surface area (Å²) in [6.45, 7) is 1.86. The lowest BCUT2D eigenvalue weighted by Gasteiger charge is -2.10. The summed E-state index contributed by atoms with van der Waals surface area (Å²) in [5, 5.41) is 14.6. The van der Waals surface area contributed by atoms with Crippen molar-refractivity contribution in [2.75, 3.05) is 5.32 Å². The van der Waals surface area contributed by atoms with Gasteiger partial charge in [0.2, 0.25) is 0 Å². The van der Waals surface area contributed by atoms with Crippen LogP contribution in [-0.4, -0.2) is 17.0 Å². The topological polar surface area (TPSA) is 87.7 Å². The molecule has 2 rings (SSSR count). The molecule has 0 saturated heterocycles. The zero-order valence-electron chi connectivity index (χ0n) is 11.3. The maximum Gasteiger partial charge on any atom is 0.255 e. The van der Waals surface area contributed by atoms with E-state index in [9.17, 15) is 4.79 Å². The first-order chi connectivity index (χ1) is 10.0. The molecule has 0 spiro atoms. The molecule has 21 heavy (non-hydrogen) atoms. The number of nitrogens with zero attached hydrogens (tertiary/aromatic N) is 1. The minimum Gasteiger partial charge on any atom is -0.409 e. The summed E-state index contributed by atoms with van der Waals surface area (Å²) in [5.74, 6) is -0.291. The molecule has 0 fully saturated rings. The van der Waals surface area contributed by atoms with Crippen molar-refractivity contribution in [2.45, 2.75) is 6.92 Å². The van der Waals surface area contributed by atoms with Gasteiger partial charge in [0, 0.05) is 11.1 Å². The third-order valence-electron chi connectivity index (χ3n) is 3.01. The summed E-state index contributed by atoms with van der Waals surface area (Å²) in [7, 11) is 0. The molecule has 2 aromatic carbocycles. The van der Waals surface area contributed by atoms with Crippen molar-refractivity contribution in [3.05, 3.63) is 64.2 Å². The van der Waals surface area contributed by atoms with Crippen LogP contribution in [0.25, 0.3) is 0 Å². The molecule has 5 nitrogen and oxygen atoms in total. The number of halogens is 1. The summed E-state index contributed by atoms with van der Waals surface area (Å²) in [6.07, 6.45) is 0. The molecule has 0 unspecified atom stereocenters. The van der Waals surface area contributed by atoms with Gasteiger partial charge < -0.3 is 16.3 Å². The molecule has 6 heteroatoms. The van der Waals surface area contributed by atoms with Crippen LogP contribution in [-0.2, 0) is 0 Å². The van der Waals surface area contributed by atoms with E-state index in [2.05, 4.69) is 10.5 Å². The number of nitrogens with two attached hydrogens (primary N) is 1. The number of oxime groups is 1. The first-order valence-corrected chi connectivity index (χ1v) is 6.55. The number of hydrogen-bond acceptors (Lipinski definition) is 3. The SMILES string of the molecule is Cc1ccccc1C(=O)Nc1ccc(/C(N)=N/O)cc1Cl. The Morgan fingerprint density at radius 1 is 1.29 bits per heavy atom. The Kier molecular flexibility index (Phi) is 4.45. The molecular formula is C15H14ClN3O2. The van der Waals surface area contributed by atoms with E-state index in [1.54, 1.807) is 24.3 Å². The lowest BCUT2D eigenvalue weighted by molar-refractivity contribution is 0.102. The predicted octanol–water partition coefficient (Wildman–Crippen LogP) is 3.00. The molecule has 0 bridgehead atoms. The molecule has 1 amide bonds. The van der Waals surface area contributed by atoms with Crippen molar-refractivity contribution in [3.63, 3.8) is 0 Å². The molecule has 0 radical (unpaired) electrons. The van der Waals surface area contributed by atoms with E-state index in [1.807, 2.05) is 19.1 Å². The fourth-order valence-electron chi connectivity index (χ4n) is 1.85. The van der Waals surface area contributed by atoms with Crippen LogP contribution in [0.2, 0.25) is 5.02 Å². The van der Waals surface area contributed by atoms with Gasteiger partial charge >= 0.3 is 0 Å². The number of nitrogens with one attached hydrogen (secondary N) is 1. The van der Waals surface area contributed by atoms with Crippen molar-refractivity contribution in [1.82, 2.24) is 0 Å². The fraction of sp³-hybridized carbons (Fsp3) is 0.0667. The van der Waals surface area contributed by atoms with Crippen LogP contribution >= 0.6 is 11.6 Å². The van der Waals surface area contributed by atoms with Gasteiger partial charge in [-0.2, -0.15) is 0 Å². The Hall–Kier alpha value is -2.53. The molecule has 0 aromatic heterocycles. The average Bonchev–Trinajstić information content (AvgIpc) is 2.48. The van der Waals surface area contributed by atoms with E-state index in [-0.39, 0.29) is 11.7 Å². The number of carbonyl (C=O) groups excluding carboxylic acids is 1. The number of aryl methyl sites for hydroxylation is 1. The average molecular weight is 304 g/mol. The van der Waals surface area contributed by atoms with Gasteiger partial charge in [-0.05, 0) is 36.8 Å². The monoisotopic (exact) mass is 303 g/mol. The van der Waals surface area contributed by atoms with Crippen molar-refractivity contribution in [2.24, 2.45) is 10.9 Å². The standard InChI is InChI=1S/C15H14ClN3O2/c1-9-4-2-3-5-11(9)15(20)18-13-7-6-10(8-12(13)16)14(17)19-21/h2-8,21H,1H3,(H2,17,19)(H,18,20). The van der Waals surface area contributed by atoms with Crippen molar-refractivity contribution in [1.29, 1.82) is 0 Å². The Morgan fingerprint density at radius 3 is 2.62 bits per heavy atom. The molecule has 0 aliphatic heterocycles. The molecule has 0 aliphatic rings. The lowest BCUT2D eigenvalue weighted by atomic mass is 10.1. The van der Waals surface area contributed by atoms with Crippen LogP contribution in [0.5, 0.6) is 0 Å². The van der Waals surface area contributed by atoms with Crippen LogP contribution in [0, 0.1) is 6.92 Å². The zero-order chi connectivity index (χ0) is 15.4. The molecule has 2 aromatic rings. The number of hydrogen-bond donors (Lipinski definition) is 3. The van der Waals surface area contributed by atoms with Crippen LogP contribution in [0.15, 0.2) is 47.6 Å². The van der Waals surface area contributed by atoms with Gasteiger partial charge in [0.1, 0.15) is 0 Å². The Bertz CT molecular complexity index is 714. The van der Waals surface area contributed by atoms with Crippen molar-refractivity contribution >= 4 is 29.0 Å². The highest BCUT2D eigenvalue weighted by Crippen LogP contribution is 2.24. The maximum absolute atomic E-state index is 12.2. The maximum atomic E-state index is 12.2. The van der Waals surface area contributed by atoms with Crippen molar-refractivity contribution in [3.8, 4) is 0 Å². The van der Waals surface area contributed by atoms with Gasteiger partial charge in [-0.25, -0.2) is 0 Å². The first kappa shape index (κ1) is 14.9. The Balaban J connectivity index is 2.25. The highest BCUT2D eigenvalue weighted by atomic mass is 35.5. The molecule has 0 heterocycles. The number of rotatable bonds is 3. The summed E-state index contributed by atoms with van der Waals surface area (Å²) in [6, 6.07) is 12.0. The molecule has 0 saturated carbocycles. The minimum atomic E-state index is -0.244. The number of amides is 1. The number of carbonyl (C=O) groups is 1. The van der Waals surface area contributed by atoms with Crippen LogP contribution in [0.4, 0.5) is 5.69 Å². The molecule has 0 aliphatic carbocycles. The third kappa shape index (κ3) is 3.32. The number of anilines is 1. The largest absolute Gasteiger partial charge is 0.409 e. The van der Waals surface area contributed by atoms with E-state index in [1.165, 1.54) is 6.07 Å². The molecule has 108 valence electrons. The van der Waals surface area contributed by atoms with E-state index >= 15 is 0 Å². The van der Waals surface area contributed by atoms with Gasteiger partial charge in [0.25, 0.3) is 5.91 Å². The van der Waals surface area contributed by atoms with E-state index in [0.29, 0.717) is 21.8 Å². The van der Waals surface area contributed by atoms with E-state index < -0.39 is 0 Å². The summed E-state index contributed by atoms with van der Waals surface area (Å²) in [5.41, 5.74) is 7.86. The second-order valence-corrected chi connectivity index (χ2v) is 4.86. The first-order valence-electron chi connectivity index (χ1n) is 6.17. The minimum absolute atomic E-state index is 0.0475. The van der Waals surface area contributed by atoms with Crippen molar-refractivity contribution < 1.29 is 10.0 Å². The highest BCUT2D eigenvalue weighted by molar-refractivity contribution is 6.34. The molecule has 0 atom stereocenters. The molecular weight excluding hydrogens is 290 g/mol. The van der Waals surface area contributed by atoms with Gasteiger partial charge in [-0.1, -0.05) is 35.0 Å². The van der Waals surface area contributed by atoms with Gasteiger partial charge in [0.15, 0.2) is 5.84 Å².